The van der Waals surface area contributed by atoms with E-state index in [0.29, 0.717) is 12.5 Å². The summed E-state index contributed by atoms with van der Waals surface area (Å²) in [5.74, 6) is 0.425. The molecule has 1 amide bonds. The van der Waals surface area contributed by atoms with Gasteiger partial charge in [-0.05, 0) is 63.7 Å². The van der Waals surface area contributed by atoms with Crippen LogP contribution in [0.3, 0.4) is 0 Å². The van der Waals surface area contributed by atoms with Gasteiger partial charge in [0, 0.05) is 25.8 Å². The van der Waals surface area contributed by atoms with Gasteiger partial charge < -0.3 is 10.1 Å². The number of carbonyl (C=O) groups excluding carboxylic acids is 1. The third-order valence-corrected chi connectivity index (χ3v) is 3.79. The highest BCUT2D eigenvalue weighted by molar-refractivity contribution is 6.28. The minimum Gasteiger partial charge on any atom is -0.444 e. The van der Waals surface area contributed by atoms with E-state index in [2.05, 4.69) is 20.2 Å². The summed E-state index contributed by atoms with van der Waals surface area (Å²) in [4.78, 5) is 22.2. The number of nitrogens with one attached hydrogen (secondary N) is 1. The molecular formula is C16H25ClN4O2. The predicted octanol–water partition coefficient (Wildman–Crippen LogP) is 2.87. The molecule has 0 aliphatic carbocycles. The summed E-state index contributed by atoms with van der Waals surface area (Å²) in [5.41, 5.74) is 0.459. The van der Waals surface area contributed by atoms with E-state index in [1.807, 2.05) is 26.8 Å². The van der Waals surface area contributed by atoms with Crippen molar-refractivity contribution in [3.8, 4) is 0 Å². The van der Waals surface area contributed by atoms with Gasteiger partial charge in [0.1, 0.15) is 5.60 Å². The van der Waals surface area contributed by atoms with Gasteiger partial charge >= 0.3 is 6.09 Å². The molecule has 1 aliphatic heterocycles. The Bertz CT molecular complexity index is 533. The standard InChI is InChI=1S/C16H25ClN4O2/c1-16(2,3)23-15(22)19-9-12-5-4-8-21(10-12)11-13-6-7-18-14(17)20-13/h6-7,12H,4-5,8-11H2,1-3H3,(H,19,22)/t12-/m0/s1. The van der Waals surface area contributed by atoms with E-state index in [-0.39, 0.29) is 11.4 Å². The summed E-state index contributed by atoms with van der Waals surface area (Å²) >= 11 is 5.83. The molecule has 0 unspecified atom stereocenters. The first kappa shape index (κ1) is 17.9. The number of rotatable bonds is 4. The second-order valence-electron chi connectivity index (χ2n) is 6.94. The van der Waals surface area contributed by atoms with Crippen LogP contribution < -0.4 is 5.32 Å². The fraction of sp³-hybridized carbons (Fsp3) is 0.688. The van der Waals surface area contributed by atoms with Crippen molar-refractivity contribution in [1.82, 2.24) is 20.2 Å². The van der Waals surface area contributed by atoms with E-state index in [4.69, 9.17) is 16.3 Å². The summed E-state index contributed by atoms with van der Waals surface area (Å²) < 4.78 is 5.27. The van der Waals surface area contributed by atoms with E-state index in [9.17, 15) is 4.79 Å². The Hall–Kier alpha value is -1.40. The molecule has 23 heavy (non-hydrogen) atoms. The second kappa shape index (κ2) is 7.93. The van der Waals surface area contributed by atoms with Gasteiger partial charge in [-0.1, -0.05) is 0 Å². The van der Waals surface area contributed by atoms with Gasteiger partial charge in [-0.15, -0.1) is 0 Å². The molecule has 1 fully saturated rings. The summed E-state index contributed by atoms with van der Waals surface area (Å²) in [5, 5.41) is 3.15. The molecule has 128 valence electrons. The van der Waals surface area contributed by atoms with Crippen LogP contribution in [-0.2, 0) is 11.3 Å². The zero-order valence-corrected chi connectivity index (χ0v) is 14.8. The number of alkyl carbamates (subject to hydrolysis) is 1. The topological polar surface area (TPSA) is 67.3 Å². The van der Waals surface area contributed by atoms with Gasteiger partial charge in [0.25, 0.3) is 0 Å². The number of amides is 1. The lowest BCUT2D eigenvalue weighted by Crippen LogP contribution is -2.42. The predicted molar refractivity (Wildman–Crippen MR) is 89.3 cm³/mol. The lowest BCUT2D eigenvalue weighted by atomic mass is 9.98. The highest BCUT2D eigenvalue weighted by Gasteiger charge is 2.22. The minimum atomic E-state index is -0.463. The van der Waals surface area contributed by atoms with E-state index < -0.39 is 5.60 Å². The van der Waals surface area contributed by atoms with Crippen LogP contribution in [0.2, 0.25) is 5.28 Å². The quantitative estimate of drug-likeness (QED) is 0.854. The lowest BCUT2D eigenvalue weighted by Gasteiger charge is -2.32. The van der Waals surface area contributed by atoms with Crippen LogP contribution in [0.15, 0.2) is 12.3 Å². The zero-order valence-electron chi connectivity index (χ0n) is 14.0. The molecule has 0 spiro atoms. The second-order valence-corrected chi connectivity index (χ2v) is 7.28. The molecule has 2 rings (SSSR count). The first-order valence-corrected chi connectivity index (χ1v) is 8.36. The molecule has 6 nitrogen and oxygen atoms in total. The fourth-order valence-corrected chi connectivity index (χ4v) is 2.85. The van der Waals surface area contributed by atoms with E-state index in [1.165, 1.54) is 0 Å². The van der Waals surface area contributed by atoms with Crippen LogP contribution in [0.25, 0.3) is 0 Å². The molecule has 0 bridgehead atoms. The summed E-state index contributed by atoms with van der Waals surface area (Å²) in [6, 6.07) is 1.88. The van der Waals surface area contributed by atoms with E-state index >= 15 is 0 Å². The first-order chi connectivity index (χ1) is 10.8. The number of likely N-dealkylation sites (tertiary alicyclic amines) is 1. The summed E-state index contributed by atoms with van der Waals surface area (Å²) in [7, 11) is 0. The van der Waals surface area contributed by atoms with Crippen LogP contribution in [0.5, 0.6) is 0 Å². The van der Waals surface area contributed by atoms with E-state index in [0.717, 1.165) is 38.2 Å². The zero-order chi connectivity index (χ0) is 16.9. The molecule has 1 aliphatic rings. The number of aromatic nitrogens is 2. The number of halogens is 1. The molecular weight excluding hydrogens is 316 g/mol. The van der Waals surface area contributed by atoms with Crippen molar-refractivity contribution in [2.45, 2.75) is 45.8 Å². The van der Waals surface area contributed by atoms with Crippen LogP contribution in [0.1, 0.15) is 39.3 Å². The van der Waals surface area contributed by atoms with Crippen molar-refractivity contribution in [1.29, 1.82) is 0 Å². The number of piperidine rings is 1. The Balaban J connectivity index is 1.78. The van der Waals surface area contributed by atoms with Gasteiger partial charge in [-0.25, -0.2) is 14.8 Å². The molecule has 1 saturated heterocycles. The Morgan fingerprint density at radius 1 is 1.52 bits per heavy atom. The first-order valence-electron chi connectivity index (χ1n) is 7.98. The summed E-state index contributed by atoms with van der Waals surface area (Å²) in [6.45, 7) is 8.94. The summed E-state index contributed by atoms with van der Waals surface area (Å²) in [6.07, 6.45) is 3.55. The van der Waals surface area contributed by atoms with Crippen molar-refractivity contribution in [3.05, 3.63) is 23.2 Å². The number of hydrogen-bond donors (Lipinski definition) is 1. The molecule has 0 radical (unpaired) electrons. The Morgan fingerprint density at radius 3 is 3.00 bits per heavy atom. The van der Waals surface area contributed by atoms with Crippen molar-refractivity contribution >= 4 is 17.7 Å². The van der Waals surface area contributed by atoms with Crippen LogP contribution in [-0.4, -0.2) is 46.2 Å². The van der Waals surface area contributed by atoms with Gasteiger partial charge in [0.15, 0.2) is 0 Å². The van der Waals surface area contributed by atoms with E-state index in [1.54, 1.807) is 6.20 Å². The number of ether oxygens (including phenoxy) is 1. The van der Waals surface area contributed by atoms with Crippen molar-refractivity contribution in [2.75, 3.05) is 19.6 Å². The van der Waals surface area contributed by atoms with Gasteiger partial charge in [-0.3, -0.25) is 4.90 Å². The maximum Gasteiger partial charge on any atom is 0.407 e. The third-order valence-electron chi connectivity index (χ3n) is 3.61. The van der Waals surface area contributed by atoms with Gasteiger partial charge in [-0.2, -0.15) is 0 Å². The van der Waals surface area contributed by atoms with Gasteiger partial charge in [0.05, 0.1) is 5.69 Å². The molecule has 0 saturated carbocycles. The van der Waals surface area contributed by atoms with Crippen LogP contribution >= 0.6 is 11.6 Å². The Morgan fingerprint density at radius 2 is 2.30 bits per heavy atom. The normalized spacial score (nSPS) is 19.4. The molecule has 7 heteroatoms. The van der Waals surface area contributed by atoms with Gasteiger partial charge in [0.2, 0.25) is 5.28 Å². The van der Waals surface area contributed by atoms with Crippen molar-refractivity contribution in [2.24, 2.45) is 5.92 Å². The van der Waals surface area contributed by atoms with Crippen LogP contribution in [0.4, 0.5) is 4.79 Å². The highest BCUT2D eigenvalue weighted by Crippen LogP contribution is 2.18. The van der Waals surface area contributed by atoms with Crippen molar-refractivity contribution in [3.63, 3.8) is 0 Å². The SMILES string of the molecule is CC(C)(C)OC(=O)NC[C@@H]1CCCN(Cc2ccnc(Cl)n2)C1. The van der Waals surface area contributed by atoms with Crippen LogP contribution in [0, 0.1) is 5.92 Å². The molecule has 1 atom stereocenters. The van der Waals surface area contributed by atoms with Crippen molar-refractivity contribution < 1.29 is 9.53 Å². The largest absolute Gasteiger partial charge is 0.444 e. The monoisotopic (exact) mass is 340 g/mol. The fourth-order valence-electron chi connectivity index (χ4n) is 2.69. The highest BCUT2D eigenvalue weighted by atomic mass is 35.5. The Labute approximate surface area is 142 Å². The maximum absolute atomic E-state index is 11.7. The number of hydrogen-bond acceptors (Lipinski definition) is 5. The smallest absolute Gasteiger partial charge is 0.407 e. The third kappa shape index (κ3) is 6.71. The molecule has 0 aromatic carbocycles. The average molecular weight is 341 g/mol. The Kier molecular flexibility index (Phi) is 6.18. The minimum absolute atomic E-state index is 0.280. The number of carbonyl (C=O) groups is 1. The molecule has 1 aromatic rings. The molecule has 2 heterocycles. The number of nitrogens with zero attached hydrogens (tertiary/aromatic N) is 3. The molecule has 1 N–H and O–H groups in total. The molecule has 1 aromatic heterocycles. The lowest BCUT2D eigenvalue weighted by molar-refractivity contribution is 0.0506. The maximum atomic E-state index is 11.7. The average Bonchev–Trinajstić information content (AvgIpc) is 2.44.